The van der Waals surface area contributed by atoms with Crippen molar-refractivity contribution < 1.29 is 13.0 Å². The third-order valence-corrected chi connectivity index (χ3v) is 1.54. The minimum absolute atomic E-state index is 0.328. The first kappa shape index (κ1) is 7.83. The van der Waals surface area contributed by atoms with Crippen LogP contribution >= 0.6 is 0 Å². The van der Waals surface area contributed by atoms with Gasteiger partial charge in [0, 0.05) is 6.54 Å². The average Bonchev–Trinajstić information content (AvgIpc) is 1.62. The second kappa shape index (κ2) is 2.40. The van der Waals surface area contributed by atoms with Crippen LogP contribution in [-0.2, 0) is 10.1 Å². The zero-order chi connectivity index (χ0) is 6.78. The Kier molecular flexibility index (Phi) is 2.35. The Morgan fingerprint density at radius 3 is 2.00 bits per heavy atom. The standard InChI is InChI=1S/C2H8N2O3S/c3-1-2(4)8(5,6)7/h2H,1,3-4H2,(H,5,6,7)/p-1. The summed E-state index contributed by atoms with van der Waals surface area (Å²) in [6, 6.07) is 0. The predicted octanol–water partition coefficient (Wildman–Crippen LogP) is -2.22. The van der Waals surface area contributed by atoms with E-state index in [9.17, 15) is 13.0 Å². The molecule has 1 unspecified atom stereocenters. The highest BCUT2D eigenvalue weighted by Crippen LogP contribution is 1.84. The number of hydrogen-bond acceptors (Lipinski definition) is 5. The average molecular weight is 139 g/mol. The van der Waals surface area contributed by atoms with E-state index >= 15 is 0 Å². The van der Waals surface area contributed by atoms with Gasteiger partial charge in [-0.25, -0.2) is 8.42 Å². The Morgan fingerprint density at radius 1 is 1.62 bits per heavy atom. The first-order valence-electron chi connectivity index (χ1n) is 1.89. The highest BCUT2D eigenvalue weighted by atomic mass is 32.2. The Morgan fingerprint density at radius 2 is 2.00 bits per heavy atom. The van der Waals surface area contributed by atoms with E-state index in [-0.39, 0.29) is 6.54 Å². The van der Waals surface area contributed by atoms with Gasteiger partial charge in [-0.2, -0.15) is 0 Å². The maximum atomic E-state index is 9.80. The van der Waals surface area contributed by atoms with Crippen molar-refractivity contribution in [3.05, 3.63) is 0 Å². The molecule has 0 fully saturated rings. The van der Waals surface area contributed by atoms with E-state index in [4.69, 9.17) is 11.5 Å². The third kappa shape index (κ3) is 2.22. The summed E-state index contributed by atoms with van der Waals surface area (Å²) in [7, 11) is -4.35. The molecule has 0 saturated carbocycles. The van der Waals surface area contributed by atoms with Gasteiger partial charge in [-0.05, 0) is 0 Å². The van der Waals surface area contributed by atoms with Crippen LogP contribution in [0.5, 0.6) is 0 Å². The Balaban J connectivity index is 4.04. The monoisotopic (exact) mass is 139 g/mol. The highest BCUT2D eigenvalue weighted by molar-refractivity contribution is 7.86. The number of hydrogen-bond donors (Lipinski definition) is 2. The molecule has 0 aromatic heterocycles. The van der Waals surface area contributed by atoms with Crippen LogP contribution in [0.4, 0.5) is 0 Å². The Bertz CT molecular complexity index is 151. The normalized spacial score (nSPS) is 15.9. The minimum atomic E-state index is -4.35. The second-order valence-electron chi connectivity index (χ2n) is 1.27. The van der Waals surface area contributed by atoms with Crippen molar-refractivity contribution in [3.8, 4) is 0 Å². The molecule has 0 amide bonds. The van der Waals surface area contributed by atoms with E-state index < -0.39 is 15.5 Å². The molecule has 0 spiro atoms. The summed E-state index contributed by atoms with van der Waals surface area (Å²) in [4.78, 5) is 0. The molecule has 0 saturated heterocycles. The van der Waals surface area contributed by atoms with Gasteiger partial charge >= 0.3 is 0 Å². The Hall–Kier alpha value is -0.170. The van der Waals surface area contributed by atoms with Crippen LogP contribution in [0.3, 0.4) is 0 Å². The summed E-state index contributed by atoms with van der Waals surface area (Å²) < 4.78 is 29.4. The highest BCUT2D eigenvalue weighted by Gasteiger charge is 2.04. The lowest BCUT2D eigenvalue weighted by Gasteiger charge is -2.12. The summed E-state index contributed by atoms with van der Waals surface area (Å²) >= 11 is 0. The molecule has 0 aromatic rings. The van der Waals surface area contributed by atoms with Gasteiger partial charge in [0.2, 0.25) is 0 Å². The van der Waals surface area contributed by atoms with E-state index in [0.717, 1.165) is 0 Å². The fraction of sp³-hybridized carbons (Fsp3) is 1.00. The fourth-order valence-electron chi connectivity index (χ4n) is 0.118. The fourth-order valence-corrected chi connectivity index (χ4v) is 0.354. The van der Waals surface area contributed by atoms with E-state index in [1.54, 1.807) is 0 Å². The van der Waals surface area contributed by atoms with Crippen LogP contribution in [0.1, 0.15) is 0 Å². The number of rotatable bonds is 2. The zero-order valence-electron chi connectivity index (χ0n) is 4.07. The zero-order valence-corrected chi connectivity index (χ0v) is 4.89. The molecule has 0 aromatic carbocycles. The molecule has 0 radical (unpaired) electrons. The lowest BCUT2D eigenvalue weighted by atomic mass is 10.7. The third-order valence-electron chi connectivity index (χ3n) is 0.603. The van der Waals surface area contributed by atoms with E-state index in [1.165, 1.54) is 0 Å². The molecule has 5 nitrogen and oxygen atoms in total. The van der Waals surface area contributed by atoms with Gasteiger partial charge in [-0.3, -0.25) is 0 Å². The van der Waals surface area contributed by atoms with Crippen molar-refractivity contribution in [2.24, 2.45) is 11.5 Å². The summed E-state index contributed by atoms with van der Waals surface area (Å²) in [5, 5.41) is -1.46. The predicted molar refractivity (Wildman–Crippen MR) is 26.7 cm³/mol. The molecule has 8 heavy (non-hydrogen) atoms. The molecule has 0 bridgehead atoms. The quantitative estimate of drug-likeness (QED) is 0.421. The largest absolute Gasteiger partial charge is 0.747 e. The Labute approximate surface area is 47.4 Å². The molecule has 0 aliphatic heterocycles. The lowest BCUT2D eigenvalue weighted by molar-refractivity contribution is 0.449. The number of nitrogens with two attached hydrogens (primary N) is 2. The second-order valence-corrected chi connectivity index (χ2v) is 2.86. The smallest absolute Gasteiger partial charge is 0.112 e. The van der Waals surface area contributed by atoms with E-state index in [0.29, 0.717) is 0 Å². The van der Waals surface area contributed by atoms with Crippen molar-refractivity contribution >= 4 is 10.1 Å². The molecule has 0 rings (SSSR count). The van der Waals surface area contributed by atoms with Crippen molar-refractivity contribution in [2.75, 3.05) is 6.54 Å². The molecule has 50 valence electrons. The minimum Gasteiger partial charge on any atom is -0.747 e. The molecule has 0 aliphatic rings. The lowest BCUT2D eigenvalue weighted by Crippen LogP contribution is -2.37. The van der Waals surface area contributed by atoms with Gasteiger partial charge in [-0.15, -0.1) is 0 Å². The van der Waals surface area contributed by atoms with Crippen LogP contribution in [0.15, 0.2) is 0 Å². The van der Waals surface area contributed by atoms with Crippen molar-refractivity contribution in [1.82, 2.24) is 0 Å². The molecular weight excluding hydrogens is 132 g/mol. The van der Waals surface area contributed by atoms with E-state index in [2.05, 4.69) is 0 Å². The first-order chi connectivity index (χ1) is 3.48. The van der Waals surface area contributed by atoms with Gasteiger partial charge in [0.05, 0.1) is 0 Å². The van der Waals surface area contributed by atoms with Crippen molar-refractivity contribution in [2.45, 2.75) is 5.37 Å². The molecule has 6 heteroatoms. The molecular formula is C2H7N2O3S-. The maximum Gasteiger partial charge on any atom is 0.112 e. The topological polar surface area (TPSA) is 109 Å². The van der Waals surface area contributed by atoms with Gasteiger partial charge in [0.15, 0.2) is 0 Å². The van der Waals surface area contributed by atoms with Gasteiger partial charge in [-0.1, -0.05) is 0 Å². The van der Waals surface area contributed by atoms with Gasteiger partial charge in [0.25, 0.3) is 0 Å². The summed E-state index contributed by atoms with van der Waals surface area (Å²) in [5.41, 5.74) is 9.48. The van der Waals surface area contributed by atoms with Gasteiger partial charge in [0.1, 0.15) is 15.5 Å². The van der Waals surface area contributed by atoms with Crippen molar-refractivity contribution in [1.29, 1.82) is 0 Å². The summed E-state index contributed by atoms with van der Waals surface area (Å²) in [5.74, 6) is 0. The van der Waals surface area contributed by atoms with Crippen LogP contribution in [0.2, 0.25) is 0 Å². The van der Waals surface area contributed by atoms with E-state index in [1.807, 2.05) is 0 Å². The summed E-state index contributed by atoms with van der Waals surface area (Å²) in [6.07, 6.45) is 0. The summed E-state index contributed by atoms with van der Waals surface area (Å²) in [6.45, 7) is -0.328. The maximum absolute atomic E-state index is 9.80. The molecule has 1 atom stereocenters. The molecule has 4 N–H and O–H groups in total. The van der Waals surface area contributed by atoms with Crippen LogP contribution < -0.4 is 11.5 Å². The SMILES string of the molecule is NCC(N)S(=O)(=O)[O-]. The van der Waals surface area contributed by atoms with Gasteiger partial charge < -0.3 is 16.0 Å². The van der Waals surface area contributed by atoms with Crippen LogP contribution in [0.25, 0.3) is 0 Å². The van der Waals surface area contributed by atoms with Crippen LogP contribution in [0, 0.1) is 0 Å². The first-order valence-corrected chi connectivity index (χ1v) is 3.36. The molecule has 0 heterocycles. The van der Waals surface area contributed by atoms with Crippen LogP contribution in [-0.4, -0.2) is 24.9 Å². The molecule has 0 aliphatic carbocycles. The van der Waals surface area contributed by atoms with Crippen molar-refractivity contribution in [3.63, 3.8) is 0 Å².